The Bertz CT molecular complexity index is 805. The molecule has 0 atom stereocenters. The van der Waals surface area contributed by atoms with Crippen LogP contribution >= 0.6 is 27.5 Å². The number of rotatable bonds is 1. The third kappa shape index (κ3) is 2.13. The summed E-state index contributed by atoms with van der Waals surface area (Å²) in [5, 5.41) is 0.490. The number of carbonyl (C=O) groups excluding carboxylic acids is 2. The average molecular weight is 366 g/mol. The number of anilines is 2. The van der Waals surface area contributed by atoms with Crippen LogP contribution in [0, 0.1) is 6.92 Å². The number of benzene rings is 2. The largest absolute Gasteiger partial charge is 0.399 e. The van der Waals surface area contributed by atoms with Gasteiger partial charge in [0.15, 0.2) is 0 Å². The van der Waals surface area contributed by atoms with Crippen molar-refractivity contribution >= 4 is 50.7 Å². The van der Waals surface area contributed by atoms with Crippen LogP contribution in [0.4, 0.5) is 11.4 Å². The summed E-state index contributed by atoms with van der Waals surface area (Å²) in [6.07, 6.45) is 0. The van der Waals surface area contributed by atoms with Gasteiger partial charge in [-0.05, 0) is 58.7 Å². The fourth-order valence-corrected chi connectivity index (χ4v) is 3.08. The standard InChI is InChI=1S/C15H10BrClN2O2/c1-7-4-11(16)13(6-12(7)17)19-14(20)9-3-2-8(18)5-10(9)15(19)21/h2-6H,18H2,1H3. The van der Waals surface area contributed by atoms with Gasteiger partial charge in [0, 0.05) is 15.2 Å². The Balaban J connectivity index is 2.16. The van der Waals surface area contributed by atoms with Crippen molar-refractivity contribution in [2.24, 2.45) is 0 Å². The summed E-state index contributed by atoms with van der Waals surface area (Å²) < 4.78 is 0.631. The first-order chi connectivity index (χ1) is 9.90. The van der Waals surface area contributed by atoms with Crippen LogP contribution in [-0.4, -0.2) is 11.8 Å². The van der Waals surface area contributed by atoms with Crippen molar-refractivity contribution in [2.45, 2.75) is 6.92 Å². The van der Waals surface area contributed by atoms with Crippen molar-refractivity contribution in [1.82, 2.24) is 0 Å². The van der Waals surface area contributed by atoms with Gasteiger partial charge in [-0.25, -0.2) is 4.90 Å². The molecule has 0 aromatic heterocycles. The van der Waals surface area contributed by atoms with E-state index in [4.69, 9.17) is 17.3 Å². The van der Waals surface area contributed by atoms with Gasteiger partial charge in [-0.1, -0.05) is 11.6 Å². The van der Waals surface area contributed by atoms with Crippen LogP contribution in [-0.2, 0) is 0 Å². The van der Waals surface area contributed by atoms with E-state index in [1.54, 1.807) is 24.3 Å². The maximum atomic E-state index is 12.5. The molecule has 0 saturated heterocycles. The molecule has 1 heterocycles. The molecule has 0 radical (unpaired) electrons. The van der Waals surface area contributed by atoms with Crippen molar-refractivity contribution in [3.8, 4) is 0 Å². The minimum Gasteiger partial charge on any atom is -0.399 e. The first-order valence-corrected chi connectivity index (χ1v) is 7.31. The topological polar surface area (TPSA) is 63.4 Å². The highest BCUT2D eigenvalue weighted by Gasteiger charge is 2.37. The molecule has 2 amide bonds. The van der Waals surface area contributed by atoms with Crippen LogP contribution in [0.2, 0.25) is 5.02 Å². The molecule has 6 heteroatoms. The lowest BCUT2D eigenvalue weighted by molar-refractivity contribution is 0.0926. The Labute approximate surface area is 134 Å². The molecule has 0 aliphatic carbocycles. The molecular formula is C15H10BrClN2O2. The summed E-state index contributed by atoms with van der Waals surface area (Å²) in [6.45, 7) is 1.85. The van der Waals surface area contributed by atoms with E-state index in [1.165, 1.54) is 6.07 Å². The lowest BCUT2D eigenvalue weighted by Crippen LogP contribution is -2.29. The number of nitrogens with zero attached hydrogens (tertiary/aromatic N) is 1. The van der Waals surface area contributed by atoms with Gasteiger partial charge in [0.05, 0.1) is 16.8 Å². The lowest BCUT2D eigenvalue weighted by atomic mass is 10.1. The first-order valence-electron chi connectivity index (χ1n) is 6.14. The number of amides is 2. The molecule has 0 spiro atoms. The summed E-state index contributed by atoms with van der Waals surface area (Å²) in [4.78, 5) is 26.1. The zero-order valence-corrected chi connectivity index (χ0v) is 13.3. The minimum absolute atomic E-state index is 0.309. The van der Waals surface area contributed by atoms with Crippen LogP contribution in [0.5, 0.6) is 0 Å². The molecule has 2 aromatic carbocycles. The summed E-state index contributed by atoms with van der Waals surface area (Å²) in [5.74, 6) is -0.779. The Morgan fingerprint density at radius 1 is 1.10 bits per heavy atom. The number of hydrogen-bond donors (Lipinski definition) is 1. The Morgan fingerprint density at radius 2 is 1.76 bits per heavy atom. The van der Waals surface area contributed by atoms with E-state index in [0.29, 0.717) is 32.0 Å². The van der Waals surface area contributed by atoms with Gasteiger partial charge in [-0.3, -0.25) is 9.59 Å². The normalized spacial score (nSPS) is 13.8. The number of imide groups is 1. The quantitative estimate of drug-likeness (QED) is 0.617. The van der Waals surface area contributed by atoms with E-state index in [2.05, 4.69) is 15.9 Å². The van der Waals surface area contributed by atoms with Crippen LogP contribution < -0.4 is 10.6 Å². The Kier molecular flexibility index (Phi) is 3.26. The molecule has 4 nitrogen and oxygen atoms in total. The number of halogens is 2. The number of carbonyl (C=O) groups is 2. The predicted octanol–water partition coefficient (Wildman–Crippen LogP) is 3.79. The van der Waals surface area contributed by atoms with Gasteiger partial charge in [0.1, 0.15) is 0 Å². The molecule has 106 valence electrons. The molecule has 0 bridgehead atoms. The number of aryl methyl sites for hydroxylation is 1. The fraction of sp³-hybridized carbons (Fsp3) is 0.0667. The molecular weight excluding hydrogens is 356 g/mol. The second-order valence-electron chi connectivity index (χ2n) is 4.80. The van der Waals surface area contributed by atoms with Crippen molar-refractivity contribution in [3.05, 3.63) is 56.5 Å². The molecule has 2 aromatic rings. The van der Waals surface area contributed by atoms with Gasteiger partial charge in [0.25, 0.3) is 11.8 Å². The highest BCUT2D eigenvalue weighted by molar-refractivity contribution is 9.10. The molecule has 0 fully saturated rings. The van der Waals surface area contributed by atoms with Crippen LogP contribution in [0.15, 0.2) is 34.8 Å². The third-order valence-corrected chi connectivity index (χ3v) is 4.42. The number of nitrogens with two attached hydrogens (primary N) is 1. The van der Waals surface area contributed by atoms with Crippen molar-refractivity contribution in [2.75, 3.05) is 10.6 Å². The van der Waals surface area contributed by atoms with Gasteiger partial charge in [0.2, 0.25) is 0 Å². The first kappa shape index (κ1) is 14.1. The van der Waals surface area contributed by atoms with E-state index >= 15 is 0 Å². The van der Waals surface area contributed by atoms with Crippen molar-refractivity contribution < 1.29 is 9.59 Å². The predicted molar refractivity (Wildman–Crippen MR) is 85.9 cm³/mol. The van der Waals surface area contributed by atoms with E-state index in [9.17, 15) is 9.59 Å². The molecule has 0 unspecified atom stereocenters. The number of hydrogen-bond acceptors (Lipinski definition) is 3. The van der Waals surface area contributed by atoms with Crippen molar-refractivity contribution in [1.29, 1.82) is 0 Å². The Morgan fingerprint density at radius 3 is 2.48 bits per heavy atom. The summed E-state index contributed by atoms with van der Waals surface area (Å²) in [6, 6.07) is 8.06. The second-order valence-corrected chi connectivity index (χ2v) is 6.07. The monoisotopic (exact) mass is 364 g/mol. The molecule has 0 saturated carbocycles. The van der Waals surface area contributed by atoms with E-state index < -0.39 is 5.91 Å². The van der Waals surface area contributed by atoms with Gasteiger partial charge in [-0.2, -0.15) is 0 Å². The zero-order valence-electron chi connectivity index (χ0n) is 11.0. The lowest BCUT2D eigenvalue weighted by Gasteiger charge is -2.17. The van der Waals surface area contributed by atoms with E-state index in [1.807, 2.05) is 6.92 Å². The van der Waals surface area contributed by atoms with E-state index in [-0.39, 0.29) is 5.91 Å². The smallest absolute Gasteiger partial charge is 0.266 e. The van der Waals surface area contributed by atoms with Gasteiger partial charge in [-0.15, -0.1) is 0 Å². The summed E-state index contributed by atoms with van der Waals surface area (Å²) >= 11 is 9.48. The third-order valence-electron chi connectivity index (χ3n) is 3.38. The zero-order chi connectivity index (χ0) is 15.3. The SMILES string of the molecule is Cc1cc(Br)c(N2C(=O)c3ccc(N)cc3C2=O)cc1Cl. The fourth-order valence-electron chi connectivity index (χ4n) is 2.28. The maximum Gasteiger partial charge on any atom is 0.266 e. The molecule has 1 aliphatic heterocycles. The highest BCUT2D eigenvalue weighted by atomic mass is 79.9. The van der Waals surface area contributed by atoms with Crippen molar-refractivity contribution in [3.63, 3.8) is 0 Å². The maximum absolute atomic E-state index is 12.5. The molecule has 1 aliphatic rings. The number of fused-ring (bicyclic) bond motifs is 1. The van der Waals surface area contributed by atoms with Gasteiger partial charge < -0.3 is 5.73 Å². The molecule has 2 N–H and O–H groups in total. The molecule has 21 heavy (non-hydrogen) atoms. The van der Waals surface area contributed by atoms with Crippen LogP contribution in [0.3, 0.4) is 0 Å². The summed E-state index contributed by atoms with van der Waals surface area (Å²) in [7, 11) is 0. The van der Waals surface area contributed by atoms with Gasteiger partial charge >= 0.3 is 0 Å². The number of nitrogen functional groups attached to an aromatic ring is 1. The van der Waals surface area contributed by atoms with Crippen LogP contribution in [0.1, 0.15) is 26.3 Å². The Hall–Kier alpha value is -1.85. The molecule has 3 rings (SSSR count). The summed E-state index contributed by atoms with van der Waals surface area (Å²) in [5.41, 5.74) is 8.06. The highest BCUT2D eigenvalue weighted by Crippen LogP contribution is 2.37. The second kappa shape index (κ2) is 4.86. The minimum atomic E-state index is -0.400. The van der Waals surface area contributed by atoms with E-state index in [0.717, 1.165) is 10.5 Å². The van der Waals surface area contributed by atoms with Crippen LogP contribution in [0.25, 0.3) is 0 Å². The average Bonchev–Trinajstić information content (AvgIpc) is 2.66.